The number of aryl methyl sites for hydroxylation is 2. The maximum atomic E-state index is 12.7. The quantitative estimate of drug-likeness (QED) is 0.275. The van der Waals surface area contributed by atoms with Crippen LogP contribution in [-0.4, -0.2) is 30.0 Å². The van der Waals surface area contributed by atoms with Crippen LogP contribution >= 0.6 is 0 Å². The monoisotopic (exact) mass is 536 g/mol. The summed E-state index contributed by atoms with van der Waals surface area (Å²) in [6.45, 7) is 5.76. The van der Waals surface area contributed by atoms with Crippen LogP contribution in [0.1, 0.15) is 69.4 Å². The standard InChI is InChI=1S/C28H40O6S2/c1-4-5-24-10-12-25(13-11-24)14-15-26(20-33-35(29,30)27-16-6-22(2)7-17-27)21-34-36(31,32)28-18-8-23(3)9-19-28/h6-9,16-19,24-26H,4-5,10-15,20-21H2,1-3H3. The van der Waals surface area contributed by atoms with E-state index in [1.54, 1.807) is 24.3 Å². The predicted molar refractivity (Wildman–Crippen MR) is 142 cm³/mol. The van der Waals surface area contributed by atoms with Gasteiger partial charge in [-0.15, -0.1) is 0 Å². The first-order valence-corrected chi connectivity index (χ1v) is 15.8. The molecular weight excluding hydrogens is 496 g/mol. The Kier molecular flexibility index (Phi) is 10.5. The van der Waals surface area contributed by atoms with Crippen LogP contribution in [0.3, 0.4) is 0 Å². The minimum absolute atomic E-state index is 0.0919. The van der Waals surface area contributed by atoms with E-state index in [4.69, 9.17) is 8.37 Å². The van der Waals surface area contributed by atoms with Crippen LogP contribution in [0.5, 0.6) is 0 Å². The minimum atomic E-state index is -3.94. The Bertz CT molecular complexity index is 1070. The third kappa shape index (κ3) is 8.68. The van der Waals surface area contributed by atoms with Crippen molar-refractivity contribution in [1.29, 1.82) is 0 Å². The van der Waals surface area contributed by atoms with E-state index in [2.05, 4.69) is 6.92 Å². The van der Waals surface area contributed by atoms with E-state index < -0.39 is 20.2 Å². The van der Waals surface area contributed by atoms with Gasteiger partial charge >= 0.3 is 0 Å². The summed E-state index contributed by atoms with van der Waals surface area (Å²) in [6, 6.07) is 13.0. The highest BCUT2D eigenvalue weighted by Gasteiger charge is 2.25. The van der Waals surface area contributed by atoms with Gasteiger partial charge in [0.1, 0.15) is 0 Å². The molecule has 1 fully saturated rings. The molecule has 0 unspecified atom stereocenters. The summed E-state index contributed by atoms with van der Waals surface area (Å²) in [7, 11) is -7.89. The molecule has 0 aliphatic heterocycles. The number of hydrogen-bond acceptors (Lipinski definition) is 6. The van der Waals surface area contributed by atoms with Gasteiger partial charge in [-0.1, -0.05) is 87.3 Å². The fraction of sp³-hybridized carbons (Fsp3) is 0.571. The van der Waals surface area contributed by atoms with Gasteiger partial charge in [0.25, 0.3) is 20.2 Å². The summed E-state index contributed by atoms with van der Waals surface area (Å²) in [6.07, 6.45) is 8.87. The highest BCUT2D eigenvalue weighted by Crippen LogP contribution is 2.34. The summed E-state index contributed by atoms with van der Waals surface area (Å²) in [5, 5.41) is 0. The van der Waals surface area contributed by atoms with Crippen molar-refractivity contribution >= 4 is 20.2 Å². The first-order chi connectivity index (χ1) is 17.1. The molecule has 200 valence electrons. The summed E-state index contributed by atoms with van der Waals surface area (Å²) in [4.78, 5) is 0.184. The second-order valence-electron chi connectivity index (χ2n) is 10.2. The van der Waals surface area contributed by atoms with Gasteiger partial charge in [0, 0.05) is 5.92 Å². The van der Waals surface area contributed by atoms with E-state index in [0.29, 0.717) is 12.3 Å². The van der Waals surface area contributed by atoms with Crippen molar-refractivity contribution in [2.45, 2.75) is 81.9 Å². The molecule has 2 aromatic carbocycles. The third-order valence-electron chi connectivity index (χ3n) is 7.18. The highest BCUT2D eigenvalue weighted by molar-refractivity contribution is 7.87. The zero-order valence-corrected chi connectivity index (χ0v) is 23.3. The van der Waals surface area contributed by atoms with Gasteiger partial charge in [-0.3, -0.25) is 8.37 Å². The molecule has 0 radical (unpaired) electrons. The van der Waals surface area contributed by atoms with Crippen LogP contribution in [0.4, 0.5) is 0 Å². The molecule has 0 bridgehead atoms. The summed E-state index contributed by atoms with van der Waals surface area (Å²) in [5.41, 5.74) is 1.91. The van der Waals surface area contributed by atoms with Crippen molar-refractivity contribution in [2.75, 3.05) is 13.2 Å². The summed E-state index contributed by atoms with van der Waals surface area (Å²) >= 11 is 0. The van der Waals surface area contributed by atoms with Gasteiger partial charge in [0.15, 0.2) is 0 Å². The second-order valence-corrected chi connectivity index (χ2v) is 13.5. The van der Waals surface area contributed by atoms with Crippen LogP contribution < -0.4 is 0 Å². The largest absolute Gasteiger partial charge is 0.296 e. The summed E-state index contributed by atoms with van der Waals surface area (Å²) in [5.74, 6) is 1.02. The maximum absolute atomic E-state index is 12.7. The van der Waals surface area contributed by atoms with Gasteiger partial charge in [-0.25, -0.2) is 0 Å². The topological polar surface area (TPSA) is 86.7 Å². The normalized spacial score (nSPS) is 19.0. The molecule has 0 spiro atoms. The van der Waals surface area contributed by atoms with Crippen molar-refractivity contribution in [3.05, 3.63) is 59.7 Å². The Hall–Kier alpha value is -1.74. The molecule has 1 saturated carbocycles. The van der Waals surface area contributed by atoms with Gasteiger partial charge in [0.2, 0.25) is 0 Å². The molecule has 6 nitrogen and oxygen atoms in total. The molecule has 36 heavy (non-hydrogen) atoms. The van der Waals surface area contributed by atoms with E-state index in [0.717, 1.165) is 23.5 Å². The van der Waals surface area contributed by atoms with Crippen LogP contribution in [0.25, 0.3) is 0 Å². The van der Waals surface area contributed by atoms with Crippen LogP contribution in [0.2, 0.25) is 0 Å². The van der Waals surface area contributed by atoms with Crippen LogP contribution in [0.15, 0.2) is 58.3 Å². The molecule has 0 aromatic heterocycles. The van der Waals surface area contributed by atoms with Gasteiger partial charge in [-0.2, -0.15) is 16.8 Å². The van der Waals surface area contributed by atoms with E-state index in [1.807, 2.05) is 13.8 Å². The second kappa shape index (κ2) is 13.2. The molecule has 0 N–H and O–H groups in total. The van der Waals surface area contributed by atoms with Gasteiger partial charge in [0.05, 0.1) is 23.0 Å². The molecule has 1 aliphatic rings. The molecule has 0 atom stereocenters. The number of benzene rings is 2. The van der Waals surface area contributed by atoms with Crippen molar-refractivity contribution in [3.63, 3.8) is 0 Å². The molecule has 0 amide bonds. The molecular formula is C28H40O6S2. The Morgan fingerprint density at radius 1 is 0.694 bits per heavy atom. The summed E-state index contributed by atoms with van der Waals surface area (Å²) < 4.78 is 61.7. The van der Waals surface area contributed by atoms with Gasteiger partial charge < -0.3 is 0 Å². The third-order valence-corrected chi connectivity index (χ3v) is 9.78. The Balaban J connectivity index is 1.63. The maximum Gasteiger partial charge on any atom is 0.296 e. The lowest BCUT2D eigenvalue weighted by atomic mass is 9.77. The van der Waals surface area contributed by atoms with Crippen LogP contribution in [0, 0.1) is 31.6 Å². The fourth-order valence-electron chi connectivity index (χ4n) is 4.82. The number of hydrogen-bond donors (Lipinski definition) is 0. The average Bonchev–Trinajstić information content (AvgIpc) is 2.85. The molecule has 1 aliphatic carbocycles. The molecule has 3 rings (SSSR count). The minimum Gasteiger partial charge on any atom is -0.266 e. The smallest absolute Gasteiger partial charge is 0.266 e. The van der Waals surface area contributed by atoms with Crippen molar-refractivity contribution in [1.82, 2.24) is 0 Å². The Labute approximate surface area is 217 Å². The van der Waals surface area contributed by atoms with E-state index in [1.165, 1.54) is 62.8 Å². The fourth-order valence-corrected chi connectivity index (χ4v) is 6.78. The highest BCUT2D eigenvalue weighted by atomic mass is 32.2. The first-order valence-electron chi connectivity index (χ1n) is 13.0. The lowest BCUT2D eigenvalue weighted by Crippen LogP contribution is -2.23. The Morgan fingerprint density at radius 3 is 1.47 bits per heavy atom. The van der Waals surface area contributed by atoms with Crippen molar-refractivity contribution in [2.24, 2.45) is 17.8 Å². The molecule has 0 saturated heterocycles. The molecule has 0 heterocycles. The van der Waals surface area contributed by atoms with Crippen molar-refractivity contribution < 1.29 is 25.2 Å². The zero-order chi connectivity index (χ0) is 26.2. The first kappa shape index (κ1) is 28.8. The zero-order valence-electron chi connectivity index (χ0n) is 21.7. The number of rotatable bonds is 13. The SMILES string of the molecule is CCCC1CCC(CCC(COS(=O)(=O)c2ccc(C)cc2)COS(=O)(=O)c2ccc(C)cc2)CC1. The predicted octanol–water partition coefficient (Wildman–Crippen LogP) is 6.42. The Morgan fingerprint density at radius 2 is 1.08 bits per heavy atom. The average molecular weight is 537 g/mol. The molecule has 2 aromatic rings. The lowest BCUT2D eigenvalue weighted by Gasteiger charge is -2.29. The van der Waals surface area contributed by atoms with Gasteiger partial charge in [-0.05, 0) is 56.4 Å². The van der Waals surface area contributed by atoms with E-state index in [9.17, 15) is 16.8 Å². The molecule has 8 heteroatoms. The van der Waals surface area contributed by atoms with Crippen LogP contribution in [-0.2, 0) is 28.6 Å². The van der Waals surface area contributed by atoms with E-state index in [-0.39, 0.29) is 28.9 Å². The van der Waals surface area contributed by atoms with E-state index >= 15 is 0 Å². The lowest BCUT2D eigenvalue weighted by molar-refractivity contribution is 0.161. The van der Waals surface area contributed by atoms with Crippen molar-refractivity contribution in [3.8, 4) is 0 Å².